The first-order valence-electron chi connectivity index (χ1n) is 7.88. The SMILES string of the molecule is CNCCCCCNC1CCc2cccc(OC)c2C1. The van der Waals surface area contributed by atoms with Gasteiger partial charge >= 0.3 is 0 Å². The van der Waals surface area contributed by atoms with Crippen LogP contribution in [0.4, 0.5) is 0 Å². The number of hydrogen-bond acceptors (Lipinski definition) is 3. The van der Waals surface area contributed by atoms with E-state index in [4.69, 9.17) is 4.74 Å². The summed E-state index contributed by atoms with van der Waals surface area (Å²) in [6.07, 6.45) is 7.38. The van der Waals surface area contributed by atoms with Gasteiger partial charge in [0.1, 0.15) is 5.75 Å². The maximum absolute atomic E-state index is 5.50. The molecule has 20 heavy (non-hydrogen) atoms. The molecule has 112 valence electrons. The molecule has 0 amide bonds. The van der Waals surface area contributed by atoms with Crippen molar-refractivity contribution >= 4 is 0 Å². The number of benzene rings is 1. The topological polar surface area (TPSA) is 33.3 Å². The zero-order valence-electron chi connectivity index (χ0n) is 12.9. The van der Waals surface area contributed by atoms with E-state index in [0.717, 1.165) is 25.3 Å². The highest BCUT2D eigenvalue weighted by Gasteiger charge is 2.20. The first-order chi connectivity index (χ1) is 9.85. The largest absolute Gasteiger partial charge is 0.496 e. The maximum Gasteiger partial charge on any atom is 0.122 e. The standard InChI is InChI=1S/C17H28N2O/c1-18-11-4-3-5-12-19-15-10-9-14-7-6-8-17(20-2)16(14)13-15/h6-8,15,18-19H,3-5,9-13H2,1-2H3. The number of fused-ring (bicyclic) bond motifs is 1. The lowest BCUT2D eigenvalue weighted by atomic mass is 9.87. The van der Waals surface area contributed by atoms with Gasteiger partial charge in [-0.2, -0.15) is 0 Å². The van der Waals surface area contributed by atoms with Crippen molar-refractivity contribution in [2.24, 2.45) is 0 Å². The second-order valence-electron chi connectivity index (χ2n) is 5.66. The molecule has 1 atom stereocenters. The summed E-state index contributed by atoms with van der Waals surface area (Å²) in [5, 5.41) is 6.91. The number of methoxy groups -OCH3 is 1. The first-order valence-corrected chi connectivity index (χ1v) is 7.88. The van der Waals surface area contributed by atoms with Crippen LogP contribution in [-0.4, -0.2) is 33.3 Å². The summed E-state index contributed by atoms with van der Waals surface area (Å²) in [7, 11) is 3.79. The lowest BCUT2D eigenvalue weighted by Crippen LogP contribution is -2.35. The zero-order valence-corrected chi connectivity index (χ0v) is 12.9. The quantitative estimate of drug-likeness (QED) is 0.716. The number of unbranched alkanes of at least 4 members (excludes halogenated alkanes) is 2. The second kappa shape index (κ2) is 8.28. The van der Waals surface area contributed by atoms with Crippen molar-refractivity contribution in [1.82, 2.24) is 10.6 Å². The molecule has 1 aromatic rings. The molecule has 0 bridgehead atoms. The average Bonchev–Trinajstić information content (AvgIpc) is 2.50. The molecule has 1 aliphatic rings. The van der Waals surface area contributed by atoms with Crippen molar-refractivity contribution in [3.8, 4) is 5.75 Å². The van der Waals surface area contributed by atoms with Crippen LogP contribution < -0.4 is 15.4 Å². The smallest absolute Gasteiger partial charge is 0.122 e. The summed E-state index contributed by atoms with van der Waals surface area (Å²) < 4.78 is 5.50. The molecule has 2 N–H and O–H groups in total. The summed E-state index contributed by atoms with van der Waals surface area (Å²) in [5.41, 5.74) is 2.88. The van der Waals surface area contributed by atoms with Gasteiger partial charge in [0.15, 0.2) is 0 Å². The normalized spacial score (nSPS) is 17.8. The number of rotatable bonds is 8. The molecule has 3 nitrogen and oxygen atoms in total. The van der Waals surface area contributed by atoms with Crippen molar-refractivity contribution in [2.75, 3.05) is 27.2 Å². The molecule has 0 saturated heterocycles. The molecule has 2 rings (SSSR count). The van der Waals surface area contributed by atoms with Crippen LogP contribution in [0, 0.1) is 0 Å². The minimum atomic E-state index is 0.614. The first kappa shape index (κ1) is 15.3. The fourth-order valence-corrected chi connectivity index (χ4v) is 3.03. The fourth-order valence-electron chi connectivity index (χ4n) is 3.03. The Labute approximate surface area is 123 Å². The maximum atomic E-state index is 5.50. The van der Waals surface area contributed by atoms with Crippen LogP contribution >= 0.6 is 0 Å². The van der Waals surface area contributed by atoms with Crippen LogP contribution in [0.2, 0.25) is 0 Å². The molecule has 0 saturated carbocycles. The molecule has 0 heterocycles. The molecule has 0 spiro atoms. The summed E-state index contributed by atoms with van der Waals surface area (Å²) in [4.78, 5) is 0. The van der Waals surface area contributed by atoms with E-state index < -0.39 is 0 Å². The highest BCUT2D eigenvalue weighted by Crippen LogP contribution is 2.29. The average molecular weight is 276 g/mol. The van der Waals surface area contributed by atoms with E-state index in [1.54, 1.807) is 7.11 Å². The van der Waals surface area contributed by atoms with Gasteiger partial charge in [-0.05, 0) is 69.4 Å². The number of ether oxygens (including phenoxy) is 1. The molecule has 0 radical (unpaired) electrons. The van der Waals surface area contributed by atoms with Crippen molar-refractivity contribution in [1.29, 1.82) is 0 Å². The Morgan fingerprint density at radius 2 is 2.05 bits per heavy atom. The van der Waals surface area contributed by atoms with Gasteiger partial charge in [-0.15, -0.1) is 0 Å². The summed E-state index contributed by atoms with van der Waals surface area (Å²) in [6, 6.07) is 7.04. The Kier molecular flexibility index (Phi) is 6.34. The van der Waals surface area contributed by atoms with Crippen molar-refractivity contribution < 1.29 is 4.74 Å². The van der Waals surface area contributed by atoms with Crippen LogP contribution in [0.1, 0.15) is 36.8 Å². The molecule has 1 aliphatic carbocycles. The third-order valence-electron chi connectivity index (χ3n) is 4.20. The third kappa shape index (κ3) is 4.22. The highest BCUT2D eigenvalue weighted by molar-refractivity contribution is 5.42. The monoisotopic (exact) mass is 276 g/mol. The minimum absolute atomic E-state index is 0.614. The number of hydrogen-bond donors (Lipinski definition) is 2. The predicted molar refractivity (Wildman–Crippen MR) is 84.6 cm³/mol. The van der Waals surface area contributed by atoms with Crippen LogP contribution in [-0.2, 0) is 12.8 Å². The van der Waals surface area contributed by atoms with Crippen molar-refractivity contribution in [3.63, 3.8) is 0 Å². The van der Waals surface area contributed by atoms with E-state index in [2.05, 4.69) is 28.8 Å². The third-order valence-corrected chi connectivity index (χ3v) is 4.20. The van der Waals surface area contributed by atoms with Gasteiger partial charge in [0.05, 0.1) is 7.11 Å². The van der Waals surface area contributed by atoms with E-state index in [0.29, 0.717) is 6.04 Å². The van der Waals surface area contributed by atoms with Gasteiger partial charge in [-0.25, -0.2) is 0 Å². The van der Waals surface area contributed by atoms with Gasteiger partial charge < -0.3 is 15.4 Å². The Bertz CT molecular complexity index is 392. The minimum Gasteiger partial charge on any atom is -0.496 e. The number of aryl methyl sites for hydroxylation is 1. The van der Waals surface area contributed by atoms with Crippen molar-refractivity contribution in [3.05, 3.63) is 29.3 Å². The molecular weight excluding hydrogens is 248 g/mol. The lowest BCUT2D eigenvalue weighted by Gasteiger charge is -2.27. The van der Waals surface area contributed by atoms with Crippen LogP contribution in [0.5, 0.6) is 5.75 Å². The molecule has 3 heteroatoms. The van der Waals surface area contributed by atoms with Crippen LogP contribution in [0.15, 0.2) is 18.2 Å². The zero-order chi connectivity index (χ0) is 14.2. The molecule has 0 fully saturated rings. The molecular formula is C17H28N2O. The van der Waals surface area contributed by atoms with E-state index in [1.165, 1.54) is 43.2 Å². The second-order valence-corrected chi connectivity index (χ2v) is 5.66. The van der Waals surface area contributed by atoms with Crippen LogP contribution in [0.25, 0.3) is 0 Å². The highest BCUT2D eigenvalue weighted by atomic mass is 16.5. The van der Waals surface area contributed by atoms with E-state index >= 15 is 0 Å². The Morgan fingerprint density at radius 3 is 2.85 bits per heavy atom. The molecule has 1 aromatic carbocycles. The Hall–Kier alpha value is -1.06. The summed E-state index contributed by atoms with van der Waals surface area (Å²) in [5.74, 6) is 1.06. The Morgan fingerprint density at radius 1 is 1.20 bits per heavy atom. The molecule has 1 unspecified atom stereocenters. The van der Waals surface area contributed by atoms with Gasteiger partial charge in [0, 0.05) is 6.04 Å². The summed E-state index contributed by atoms with van der Waals surface area (Å²) in [6.45, 7) is 2.27. The predicted octanol–water partition coefficient (Wildman–Crippen LogP) is 2.53. The van der Waals surface area contributed by atoms with E-state index in [1.807, 2.05) is 7.05 Å². The fraction of sp³-hybridized carbons (Fsp3) is 0.647. The number of nitrogens with one attached hydrogen (secondary N) is 2. The lowest BCUT2D eigenvalue weighted by molar-refractivity contribution is 0.393. The van der Waals surface area contributed by atoms with Gasteiger partial charge in [0.2, 0.25) is 0 Å². The van der Waals surface area contributed by atoms with E-state index in [9.17, 15) is 0 Å². The molecule has 0 aliphatic heterocycles. The Balaban J connectivity index is 1.76. The van der Waals surface area contributed by atoms with Gasteiger partial charge in [-0.1, -0.05) is 18.6 Å². The van der Waals surface area contributed by atoms with Crippen molar-refractivity contribution in [2.45, 2.75) is 44.6 Å². The van der Waals surface area contributed by atoms with Gasteiger partial charge in [0.25, 0.3) is 0 Å². The molecule has 0 aromatic heterocycles. The van der Waals surface area contributed by atoms with E-state index in [-0.39, 0.29) is 0 Å². The summed E-state index contributed by atoms with van der Waals surface area (Å²) >= 11 is 0. The van der Waals surface area contributed by atoms with Crippen LogP contribution in [0.3, 0.4) is 0 Å². The van der Waals surface area contributed by atoms with Gasteiger partial charge in [-0.3, -0.25) is 0 Å².